The number of hydrogen-bond donors (Lipinski definition) is 0. The normalized spacial score (nSPS) is 13.2. The molecule has 0 saturated heterocycles. The van der Waals surface area contributed by atoms with Gasteiger partial charge in [0.2, 0.25) is 13.4 Å². The summed E-state index contributed by atoms with van der Waals surface area (Å²) >= 11 is 3.67. The average Bonchev–Trinajstić information content (AvgIpc) is 3.69. The minimum atomic E-state index is 0.357. The summed E-state index contributed by atoms with van der Waals surface area (Å²) in [7, 11) is 0. The van der Waals surface area contributed by atoms with E-state index in [9.17, 15) is 0 Å². The zero-order valence-corrected chi connectivity index (χ0v) is 21.8. The van der Waals surface area contributed by atoms with Gasteiger partial charge in [-0.15, -0.1) is 22.7 Å². The van der Waals surface area contributed by atoms with Gasteiger partial charge in [0.1, 0.15) is 0 Å². The third-order valence-corrected chi connectivity index (χ3v) is 10.2. The molecule has 4 aromatic carbocycles. The van der Waals surface area contributed by atoms with Gasteiger partial charge in [-0.25, -0.2) is 0 Å². The van der Waals surface area contributed by atoms with Crippen LogP contribution in [0, 0.1) is 0 Å². The van der Waals surface area contributed by atoms with Gasteiger partial charge in [0.05, 0.1) is 0 Å². The average molecular weight is 492 g/mol. The molecule has 0 amide bonds. The number of fused-ring (bicyclic) bond motifs is 5. The van der Waals surface area contributed by atoms with Crippen LogP contribution in [0.25, 0.3) is 53.9 Å². The van der Waals surface area contributed by atoms with E-state index in [2.05, 4.69) is 109 Å². The second-order valence-corrected chi connectivity index (χ2v) is 12.1. The molecule has 1 aliphatic carbocycles. The molecular weight excluding hydrogens is 470 g/mol. The molecule has 0 saturated carbocycles. The summed E-state index contributed by atoms with van der Waals surface area (Å²) in [6.45, 7) is 5.52. The fraction of sp³-hybridized carbons (Fsp3) is 0.0625. The summed E-state index contributed by atoms with van der Waals surface area (Å²) in [5.41, 5.74) is 14.2. The highest BCUT2D eigenvalue weighted by Crippen LogP contribution is 2.46. The van der Waals surface area contributed by atoms with Crippen LogP contribution >= 0.6 is 22.7 Å². The maximum absolute atomic E-state index is 2.52. The van der Waals surface area contributed by atoms with Crippen molar-refractivity contribution in [3.8, 4) is 43.1 Å². The van der Waals surface area contributed by atoms with Crippen LogP contribution in [0.2, 0.25) is 13.6 Å². The van der Waals surface area contributed by atoms with E-state index in [0.29, 0.717) is 13.4 Å². The van der Waals surface area contributed by atoms with Gasteiger partial charge in [0.15, 0.2) is 0 Å². The largest absolute Gasteiger partial charge is 0.204 e. The van der Waals surface area contributed by atoms with Crippen LogP contribution in [0.4, 0.5) is 0 Å². The minimum absolute atomic E-state index is 0.357. The fourth-order valence-corrected chi connectivity index (χ4v) is 8.12. The second-order valence-electron chi connectivity index (χ2n) is 10.2. The Morgan fingerprint density at radius 1 is 0.472 bits per heavy atom. The predicted octanol–water partition coefficient (Wildman–Crippen LogP) is 6.74. The molecular formula is C32H22B2S2. The lowest BCUT2D eigenvalue weighted by atomic mass is 9.25. The third-order valence-electron chi connectivity index (χ3n) is 8.37. The van der Waals surface area contributed by atoms with Gasteiger partial charge in [0.25, 0.3) is 0 Å². The minimum Gasteiger partial charge on any atom is -0.144 e. The molecule has 0 bridgehead atoms. The summed E-state index contributed by atoms with van der Waals surface area (Å²) in [6.07, 6.45) is 0. The van der Waals surface area contributed by atoms with E-state index < -0.39 is 0 Å². The Morgan fingerprint density at radius 2 is 0.917 bits per heavy atom. The molecule has 0 nitrogen and oxygen atoms in total. The van der Waals surface area contributed by atoms with E-state index in [-0.39, 0.29) is 0 Å². The Kier molecular flexibility index (Phi) is 4.39. The van der Waals surface area contributed by atoms with Crippen molar-refractivity contribution in [3.05, 3.63) is 95.7 Å². The topological polar surface area (TPSA) is 0 Å². The molecule has 8 rings (SSSR count). The molecule has 0 atom stereocenters. The Labute approximate surface area is 220 Å². The van der Waals surface area contributed by atoms with Crippen molar-refractivity contribution in [2.24, 2.45) is 0 Å². The van der Waals surface area contributed by atoms with Gasteiger partial charge in [-0.2, -0.15) is 0 Å². The molecule has 1 aliphatic heterocycles. The van der Waals surface area contributed by atoms with Crippen molar-refractivity contribution in [1.82, 2.24) is 0 Å². The number of rotatable bonds is 2. The van der Waals surface area contributed by atoms with Gasteiger partial charge < -0.3 is 0 Å². The predicted molar refractivity (Wildman–Crippen MR) is 163 cm³/mol. The molecule has 2 aliphatic rings. The quantitative estimate of drug-likeness (QED) is 0.235. The molecule has 36 heavy (non-hydrogen) atoms. The summed E-state index contributed by atoms with van der Waals surface area (Å²) in [4.78, 5) is 2.70. The van der Waals surface area contributed by atoms with Crippen molar-refractivity contribution in [1.29, 1.82) is 0 Å². The summed E-state index contributed by atoms with van der Waals surface area (Å²) in [5.74, 6) is 0. The smallest absolute Gasteiger partial charge is 0.144 e. The first-order valence-corrected chi connectivity index (χ1v) is 14.4. The van der Waals surface area contributed by atoms with Gasteiger partial charge in [0, 0.05) is 9.75 Å². The van der Waals surface area contributed by atoms with Crippen molar-refractivity contribution in [2.45, 2.75) is 13.6 Å². The maximum Gasteiger partial charge on any atom is 0.204 e. The first-order valence-electron chi connectivity index (χ1n) is 12.6. The highest BCUT2D eigenvalue weighted by molar-refractivity contribution is 7.14. The Balaban J connectivity index is 1.37. The van der Waals surface area contributed by atoms with Crippen LogP contribution in [0.3, 0.4) is 0 Å². The monoisotopic (exact) mass is 492 g/mol. The highest BCUT2D eigenvalue weighted by Gasteiger charge is 2.35. The van der Waals surface area contributed by atoms with Gasteiger partial charge in [-0.3, -0.25) is 0 Å². The van der Waals surface area contributed by atoms with Crippen LogP contribution in [0.5, 0.6) is 0 Å². The van der Waals surface area contributed by atoms with E-state index in [1.54, 1.807) is 0 Å². The van der Waals surface area contributed by atoms with Gasteiger partial charge in [-0.1, -0.05) is 108 Å². The van der Waals surface area contributed by atoms with Crippen LogP contribution in [0.1, 0.15) is 0 Å². The van der Waals surface area contributed by atoms with E-state index in [0.717, 1.165) is 0 Å². The van der Waals surface area contributed by atoms with Gasteiger partial charge in [-0.05, 0) is 67.0 Å². The lowest BCUT2D eigenvalue weighted by Gasteiger charge is -2.30. The van der Waals surface area contributed by atoms with Crippen LogP contribution < -0.4 is 21.9 Å². The van der Waals surface area contributed by atoms with Crippen LogP contribution in [-0.2, 0) is 0 Å². The standard InChI is InChI=1S/C32H22B2S2/c1-33-26-15-22-20-9-3-7-19-8-4-10-21(32(19)20)23(22)16-27(26)34(2)29-18-25(31-12-6-14-36-31)24(17-28(29)33)30-11-5-13-35-30/h3-18H,1-2H3. The zero-order valence-electron chi connectivity index (χ0n) is 20.2. The first-order chi connectivity index (χ1) is 17.7. The zero-order chi connectivity index (χ0) is 24.0. The molecule has 2 aromatic heterocycles. The van der Waals surface area contributed by atoms with Crippen molar-refractivity contribution < 1.29 is 0 Å². The lowest BCUT2D eigenvalue weighted by Crippen LogP contribution is -2.66. The molecule has 0 spiro atoms. The Bertz CT molecular complexity index is 1680. The maximum atomic E-state index is 2.52. The lowest BCUT2D eigenvalue weighted by molar-refractivity contribution is 1.70. The van der Waals surface area contributed by atoms with Gasteiger partial charge >= 0.3 is 0 Å². The molecule has 168 valence electrons. The second kappa shape index (κ2) is 7.58. The molecule has 4 heteroatoms. The number of hydrogen-bond acceptors (Lipinski definition) is 2. The molecule has 0 fully saturated rings. The molecule has 6 aromatic rings. The van der Waals surface area contributed by atoms with Crippen molar-refractivity contribution >= 4 is 68.7 Å². The number of thiophene rings is 2. The van der Waals surface area contributed by atoms with E-state index in [4.69, 9.17) is 0 Å². The highest BCUT2D eigenvalue weighted by atomic mass is 32.1. The van der Waals surface area contributed by atoms with Crippen molar-refractivity contribution in [2.75, 3.05) is 0 Å². The molecule has 0 radical (unpaired) electrons. The van der Waals surface area contributed by atoms with E-state index in [1.807, 2.05) is 22.7 Å². The first kappa shape index (κ1) is 20.8. The van der Waals surface area contributed by atoms with Crippen molar-refractivity contribution in [3.63, 3.8) is 0 Å². The summed E-state index contributed by atoms with van der Waals surface area (Å²) in [6, 6.07) is 32.4. The Morgan fingerprint density at radius 3 is 1.33 bits per heavy atom. The molecule has 3 heterocycles. The van der Waals surface area contributed by atoms with Crippen LogP contribution in [-0.4, -0.2) is 13.4 Å². The fourth-order valence-electron chi connectivity index (χ4n) is 6.61. The van der Waals surface area contributed by atoms with E-state index in [1.165, 1.54) is 75.8 Å². The summed E-state index contributed by atoms with van der Waals surface area (Å²) < 4.78 is 0. The summed E-state index contributed by atoms with van der Waals surface area (Å²) in [5, 5.41) is 7.13. The molecule has 0 unspecified atom stereocenters. The molecule has 0 N–H and O–H groups in total. The number of benzene rings is 4. The Hall–Kier alpha value is -3.33. The third kappa shape index (κ3) is 2.77. The van der Waals surface area contributed by atoms with Crippen LogP contribution in [0.15, 0.2) is 95.7 Å². The SMILES string of the molecule is CB1c2cc(-c3cccs3)c(-c3cccs3)cc2B(C)c2cc3c(cc21)-c1cccc2cccc-3c12. The van der Waals surface area contributed by atoms with E-state index >= 15 is 0 Å².